The number of benzene rings is 10. The fourth-order valence-corrected chi connectivity index (χ4v) is 12.5. The van der Waals surface area contributed by atoms with Crippen LogP contribution < -0.4 is 14.5 Å². The molecular weight excluding hydrogens is 1170 g/mol. The summed E-state index contributed by atoms with van der Waals surface area (Å²) in [5.74, 6) is 0.515. The van der Waals surface area contributed by atoms with E-state index >= 15 is 0 Å². The summed E-state index contributed by atoms with van der Waals surface area (Å²) in [6, 6.07) is 63.2. The Bertz CT molecular complexity index is 5140. The summed E-state index contributed by atoms with van der Waals surface area (Å²) in [7, 11) is 0. The van der Waals surface area contributed by atoms with Crippen LogP contribution in [0, 0.1) is 39.4 Å². The first kappa shape index (κ1) is 36.5. The van der Waals surface area contributed by atoms with Crippen LogP contribution in [0.5, 0.6) is 11.5 Å². The molecule has 3 aliphatic rings. The van der Waals surface area contributed by atoms with Crippen LogP contribution in [0.4, 0.5) is 22.7 Å². The van der Waals surface area contributed by atoms with E-state index in [0.29, 0.717) is 50.4 Å². The van der Waals surface area contributed by atoms with E-state index in [4.69, 9.17) is 22.6 Å². The third-order valence-corrected chi connectivity index (χ3v) is 15.9. The molecule has 5 nitrogen and oxygen atoms in total. The number of nitrogens with zero attached hydrogens (tertiary/aromatic N) is 4. The van der Waals surface area contributed by atoms with Crippen molar-refractivity contribution in [2.45, 2.75) is 58.5 Å². The van der Waals surface area contributed by atoms with Gasteiger partial charge in [0.15, 0.2) is 0 Å². The summed E-state index contributed by atoms with van der Waals surface area (Å²) in [6.07, 6.45) is -0.495. The zero-order chi connectivity index (χ0) is 66.8. The van der Waals surface area contributed by atoms with E-state index in [1.807, 2.05) is 121 Å². The van der Waals surface area contributed by atoms with Gasteiger partial charge in [0.05, 0.1) is 10.9 Å². The molecule has 0 unspecified atom stereocenters. The second-order valence-electron chi connectivity index (χ2n) is 21.6. The van der Waals surface area contributed by atoms with Crippen LogP contribution >= 0.6 is 0 Å². The number of aromatic nitrogens is 2. The maximum Gasteiger partial charge on any atom is 0.135 e. The van der Waals surface area contributed by atoms with Crippen LogP contribution in [-0.2, 0) is 38.3 Å². The molecule has 10 aromatic carbocycles. The third kappa shape index (κ3) is 7.95. The zero-order valence-corrected chi connectivity index (χ0v) is 46.3. The molecule has 0 N–H and O–H groups in total. The quantitative estimate of drug-likeness (QED) is 0.149. The Morgan fingerprint density at radius 2 is 1.25 bits per heavy atom. The van der Waals surface area contributed by atoms with Crippen molar-refractivity contribution in [1.82, 2.24) is 9.55 Å². The summed E-state index contributed by atoms with van der Waals surface area (Å²) in [5.41, 5.74) is 11.0. The Morgan fingerprint density at radius 3 is 2.01 bits per heavy atom. The second-order valence-corrected chi connectivity index (χ2v) is 21.6. The van der Waals surface area contributed by atoms with Gasteiger partial charge >= 0.3 is 0 Å². The van der Waals surface area contributed by atoms with Crippen molar-refractivity contribution in [2.24, 2.45) is 0 Å². The normalized spacial score (nSPS) is 17.4. The molecule has 0 atom stereocenters. The van der Waals surface area contributed by atoms with Crippen molar-refractivity contribution in [3.63, 3.8) is 0 Å². The Balaban J connectivity index is 0.00000792. The van der Waals surface area contributed by atoms with E-state index in [1.54, 1.807) is 30.3 Å². The van der Waals surface area contributed by atoms with Crippen molar-refractivity contribution in [2.75, 3.05) is 9.80 Å². The van der Waals surface area contributed by atoms with Crippen molar-refractivity contribution in [1.29, 1.82) is 0 Å². The topological polar surface area (TPSA) is 33.5 Å². The Morgan fingerprint density at radius 1 is 0.593 bits per heavy atom. The van der Waals surface area contributed by atoms with E-state index in [0.717, 1.165) is 50.1 Å². The number of hydrogen-bond donors (Lipinski definition) is 0. The standard InChI is InChI=1S/C75H57N4O.Pt/c1-47-35-36-76-71(40-47)79-67-30-14-10-23-57(67)58-34-33-56(45-70(58)79)80-55-22-17-21-54(44-55)77-46-78(69-32-16-15-31-68(69)77)73-61(52-38-48(2)37-49(3)39-52)42-53(74(4,5)6)43-62(73)59-25-18-29-66-72(59)60-24-9-13-28-65(60)75(66)63-26-11-7-19-50(63)41-51-20-8-12-27-64(51)75;/h7-40,42-43,46H,41H2,1-6H3;/q-3;/i1D3,2D3,3D3,10D,14D,23D,30D,41D2;. The molecule has 0 saturated carbocycles. The minimum Gasteiger partial charge on any atom is -0.509 e. The van der Waals surface area contributed by atoms with Gasteiger partial charge in [0.1, 0.15) is 5.82 Å². The molecule has 3 heterocycles. The average Bonchev–Trinajstić information content (AvgIpc) is 1.45. The van der Waals surface area contributed by atoms with Crippen molar-refractivity contribution < 1.29 is 46.4 Å². The predicted molar refractivity (Wildman–Crippen MR) is 328 cm³/mol. The minimum absolute atomic E-state index is 0. The molecule has 6 heteroatoms. The van der Waals surface area contributed by atoms with Crippen LogP contribution in [0.2, 0.25) is 0 Å². The van der Waals surface area contributed by atoms with Crippen molar-refractivity contribution in [3.8, 4) is 50.7 Å². The molecule has 1 spiro atoms. The Labute approximate surface area is 510 Å². The molecule has 12 aromatic rings. The summed E-state index contributed by atoms with van der Waals surface area (Å²) in [4.78, 5) is 8.52. The number of hydrogen-bond acceptors (Lipinski definition) is 4. The van der Waals surface area contributed by atoms with Crippen LogP contribution in [0.15, 0.2) is 218 Å². The number of aryl methyl sites for hydroxylation is 3. The molecule has 81 heavy (non-hydrogen) atoms. The van der Waals surface area contributed by atoms with Gasteiger partial charge in [0.2, 0.25) is 0 Å². The van der Waals surface area contributed by atoms with Crippen molar-refractivity contribution in [3.05, 3.63) is 293 Å². The number of rotatable bonds is 7. The van der Waals surface area contributed by atoms with Gasteiger partial charge in [0, 0.05) is 87.5 Å². The second kappa shape index (κ2) is 19.2. The van der Waals surface area contributed by atoms with Crippen LogP contribution in [0.1, 0.15) is 97.0 Å². The number of para-hydroxylation sites is 3. The molecule has 15 rings (SSSR count). The number of pyridine rings is 1. The molecular formula is C75H57N4OPt-3. The molecule has 0 amide bonds. The maximum absolute atomic E-state index is 9.76. The van der Waals surface area contributed by atoms with Gasteiger partial charge in [0.25, 0.3) is 0 Å². The summed E-state index contributed by atoms with van der Waals surface area (Å²) in [5, 5.41) is 0.587. The minimum atomic E-state index is -2.70. The Kier molecular flexibility index (Phi) is 8.66. The van der Waals surface area contributed by atoms with Gasteiger partial charge in [-0.05, 0) is 147 Å². The van der Waals surface area contributed by atoms with Gasteiger partial charge in [-0.15, -0.1) is 48.1 Å². The molecule has 1 aliphatic heterocycles. The van der Waals surface area contributed by atoms with Gasteiger partial charge in [-0.25, -0.2) is 4.98 Å². The van der Waals surface area contributed by atoms with E-state index in [-0.39, 0.29) is 83.6 Å². The van der Waals surface area contributed by atoms with Gasteiger partial charge in [-0.2, -0.15) is 12.1 Å². The molecule has 0 fully saturated rings. The van der Waals surface area contributed by atoms with E-state index in [9.17, 15) is 2.74 Å². The van der Waals surface area contributed by atoms with Crippen molar-refractivity contribution >= 4 is 44.6 Å². The number of ether oxygens (including phenoxy) is 1. The number of anilines is 4. The Hall–Kier alpha value is -8.76. The molecule has 2 aromatic heterocycles. The molecule has 396 valence electrons. The average molecular weight is 1240 g/mol. The molecule has 0 saturated heterocycles. The van der Waals surface area contributed by atoms with Gasteiger partial charge in [-0.3, -0.25) is 0 Å². The molecule has 0 bridgehead atoms. The maximum atomic E-state index is 9.76. The predicted octanol–water partition coefficient (Wildman–Crippen LogP) is 18.8. The summed E-state index contributed by atoms with van der Waals surface area (Å²) < 4.78 is 140. The van der Waals surface area contributed by atoms with E-state index in [2.05, 4.69) is 73.1 Å². The molecule has 2 aliphatic carbocycles. The first-order chi connectivity index (χ1) is 45.1. The summed E-state index contributed by atoms with van der Waals surface area (Å²) >= 11 is 0. The van der Waals surface area contributed by atoms with Gasteiger partial charge < -0.3 is 19.1 Å². The fourth-order valence-electron chi connectivity index (χ4n) is 12.5. The number of fused-ring (bicyclic) bond motifs is 13. The fraction of sp³-hybridized carbons (Fsp3) is 0.120. The first-order valence-electron chi connectivity index (χ1n) is 34.0. The first-order valence-corrected chi connectivity index (χ1v) is 26.5. The largest absolute Gasteiger partial charge is 0.509 e. The SMILES string of the molecule is [2H]c1c([2H])c([2H])c2c(c1[2H])c1ccc(Oc3[c-]c(N4[CH-]N(c5c(-c6cc(C([2H])([2H])[2H])cc(C([2H])([2H])[2H])c6)cc(C(C)(C)C)cc5-c5cccc6c5-c5ccccc5C65c6ccccc6C([2H])([2H])c6ccccc65)c5ccccc54)ccc3)[c-]c1n2-c1cc(C([2H])([2H])[2H])ccn1.[Pt]. The van der Waals surface area contributed by atoms with E-state index < -0.39 is 49.8 Å². The van der Waals surface area contributed by atoms with Crippen LogP contribution in [0.25, 0.3) is 61.0 Å². The third-order valence-electron chi connectivity index (χ3n) is 15.9. The molecule has 0 radical (unpaired) electrons. The van der Waals surface area contributed by atoms with E-state index in [1.165, 1.54) is 29.0 Å². The van der Waals surface area contributed by atoms with Gasteiger partial charge in [-0.1, -0.05) is 177 Å². The van der Waals surface area contributed by atoms with Crippen LogP contribution in [-0.4, -0.2) is 9.55 Å². The monoisotopic (exact) mass is 1240 g/mol. The summed E-state index contributed by atoms with van der Waals surface area (Å²) in [6.45, 7) is 0.326. The zero-order valence-electron chi connectivity index (χ0n) is 59.1. The van der Waals surface area contributed by atoms with Crippen LogP contribution in [0.3, 0.4) is 0 Å². The smallest absolute Gasteiger partial charge is 0.135 e.